The van der Waals surface area contributed by atoms with Crippen molar-refractivity contribution in [1.82, 2.24) is 4.68 Å². The summed E-state index contributed by atoms with van der Waals surface area (Å²) in [5.41, 5.74) is 3.01. The molecule has 31 heavy (non-hydrogen) atoms. The Morgan fingerprint density at radius 3 is 2.39 bits per heavy atom. The third kappa shape index (κ3) is 6.18. The Morgan fingerprint density at radius 1 is 1.13 bits per heavy atom. The average Bonchev–Trinajstić information content (AvgIpc) is 3.15. The first kappa shape index (κ1) is 24.1. The van der Waals surface area contributed by atoms with E-state index in [4.69, 9.17) is 9.47 Å². The van der Waals surface area contributed by atoms with Crippen LogP contribution >= 0.6 is 0 Å². The van der Waals surface area contributed by atoms with Gasteiger partial charge in [-0.1, -0.05) is 17.2 Å². The summed E-state index contributed by atoms with van der Waals surface area (Å²) in [4.78, 5) is 14.1. The van der Waals surface area contributed by atoms with Crippen LogP contribution in [0.2, 0.25) is 0 Å². The smallest absolute Gasteiger partial charge is 0.348 e. The number of ether oxygens (including phenoxy) is 2. The standard InChI is InChI=1S/C23H27N4O3.BrH/c1-5-30-22(28)17-26-14-15-27(23(26)19-8-12-21(29-4)13-9-19)24-16-18-6-10-20(11-7-18)25(2)3;/h6-16H,5,17H2,1-4H3;1H/q+1;/p-1/b24-16+;. The van der Waals surface area contributed by atoms with Crippen LogP contribution in [-0.4, -0.2) is 44.7 Å². The highest BCUT2D eigenvalue weighted by atomic mass is 79.9. The molecule has 0 bridgehead atoms. The van der Waals surface area contributed by atoms with E-state index in [-0.39, 0.29) is 29.5 Å². The van der Waals surface area contributed by atoms with Crippen LogP contribution in [0, 0.1) is 0 Å². The molecule has 0 unspecified atom stereocenters. The van der Waals surface area contributed by atoms with Gasteiger partial charge in [-0.3, -0.25) is 0 Å². The van der Waals surface area contributed by atoms with Crippen molar-refractivity contribution in [1.29, 1.82) is 0 Å². The summed E-state index contributed by atoms with van der Waals surface area (Å²) in [6.45, 7) is 2.25. The maximum absolute atomic E-state index is 12.1. The molecule has 3 aromatic rings. The van der Waals surface area contributed by atoms with Crippen molar-refractivity contribution in [2.24, 2.45) is 5.10 Å². The molecular weight excluding hydrogens is 460 g/mol. The molecule has 1 aromatic heterocycles. The first-order valence-corrected chi connectivity index (χ1v) is 9.74. The Bertz CT molecular complexity index is 1010. The topological polar surface area (TPSA) is 59.9 Å². The first-order chi connectivity index (χ1) is 14.5. The molecule has 7 nitrogen and oxygen atoms in total. The first-order valence-electron chi connectivity index (χ1n) is 9.74. The summed E-state index contributed by atoms with van der Waals surface area (Å²) < 4.78 is 13.9. The number of carbonyl (C=O) groups is 1. The molecule has 0 fully saturated rings. The van der Waals surface area contributed by atoms with E-state index in [9.17, 15) is 4.79 Å². The number of benzene rings is 2. The number of hydrogen-bond donors (Lipinski definition) is 0. The van der Waals surface area contributed by atoms with Gasteiger partial charge in [0.2, 0.25) is 0 Å². The molecule has 0 N–H and O–H groups in total. The predicted molar refractivity (Wildman–Crippen MR) is 117 cm³/mol. The summed E-state index contributed by atoms with van der Waals surface area (Å²) in [5.74, 6) is 1.24. The lowest BCUT2D eigenvalue weighted by Gasteiger charge is -2.11. The van der Waals surface area contributed by atoms with E-state index in [2.05, 4.69) is 5.10 Å². The molecule has 0 spiro atoms. The van der Waals surface area contributed by atoms with Gasteiger partial charge in [0.05, 0.1) is 25.5 Å². The van der Waals surface area contributed by atoms with E-state index in [0.29, 0.717) is 6.61 Å². The summed E-state index contributed by atoms with van der Waals surface area (Å²) in [6.07, 6.45) is 5.44. The SMILES string of the molecule is CCOC(=O)C[n+]1ccn(/N=C/c2ccc(N(C)C)cc2)c1-c1ccc(OC)cc1.[Br-]. The number of esters is 1. The minimum absolute atomic E-state index is 0. The molecule has 0 aliphatic rings. The fourth-order valence-electron chi connectivity index (χ4n) is 3.01. The van der Waals surface area contributed by atoms with E-state index in [1.165, 1.54) is 0 Å². The van der Waals surface area contributed by atoms with Crippen molar-refractivity contribution >= 4 is 17.9 Å². The Hall–Kier alpha value is -3.13. The normalized spacial score (nSPS) is 10.6. The molecule has 0 atom stereocenters. The average molecular weight is 487 g/mol. The largest absolute Gasteiger partial charge is 1.00 e. The quantitative estimate of drug-likeness (QED) is 0.255. The third-order valence-electron chi connectivity index (χ3n) is 4.57. The second kappa shape index (κ2) is 11.3. The number of hydrogen-bond acceptors (Lipinski definition) is 5. The van der Waals surface area contributed by atoms with Crippen LogP contribution in [0.1, 0.15) is 12.5 Å². The lowest BCUT2D eigenvalue weighted by atomic mass is 10.2. The maximum atomic E-state index is 12.1. The van der Waals surface area contributed by atoms with Gasteiger partial charge in [-0.25, -0.2) is 9.36 Å². The molecule has 8 heteroatoms. The van der Waals surface area contributed by atoms with Crippen molar-refractivity contribution in [3.8, 4) is 17.1 Å². The molecule has 1 heterocycles. The summed E-state index contributed by atoms with van der Waals surface area (Å²) >= 11 is 0. The van der Waals surface area contributed by atoms with Gasteiger partial charge in [0.25, 0.3) is 0 Å². The van der Waals surface area contributed by atoms with Gasteiger partial charge in [0.1, 0.15) is 11.9 Å². The van der Waals surface area contributed by atoms with Gasteiger partial charge in [0.15, 0.2) is 12.7 Å². The minimum atomic E-state index is -0.293. The molecule has 0 amide bonds. The fourth-order valence-corrected chi connectivity index (χ4v) is 3.01. The predicted octanol–water partition coefficient (Wildman–Crippen LogP) is -0.0335. The molecule has 0 saturated carbocycles. The van der Waals surface area contributed by atoms with Gasteiger partial charge < -0.3 is 31.4 Å². The Balaban J connectivity index is 0.00000341. The molecule has 164 valence electrons. The van der Waals surface area contributed by atoms with Crippen LogP contribution in [0.4, 0.5) is 5.69 Å². The van der Waals surface area contributed by atoms with Crippen molar-refractivity contribution in [3.63, 3.8) is 0 Å². The zero-order valence-corrected chi connectivity index (χ0v) is 19.7. The van der Waals surface area contributed by atoms with Gasteiger partial charge >= 0.3 is 11.8 Å². The van der Waals surface area contributed by atoms with Crippen LogP contribution in [0.5, 0.6) is 5.75 Å². The number of imidazole rings is 1. The van der Waals surface area contributed by atoms with Crippen LogP contribution in [0.15, 0.2) is 66.0 Å². The number of halogens is 1. The second-order valence-corrected chi connectivity index (χ2v) is 6.86. The van der Waals surface area contributed by atoms with Crippen LogP contribution < -0.4 is 31.2 Å². The maximum Gasteiger partial charge on any atom is 0.348 e. The number of anilines is 1. The van der Waals surface area contributed by atoms with Gasteiger partial charge in [-0.05, 0) is 48.9 Å². The zero-order valence-electron chi connectivity index (χ0n) is 18.2. The van der Waals surface area contributed by atoms with E-state index in [0.717, 1.165) is 28.4 Å². The number of nitrogens with zero attached hydrogens (tertiary/aromatic N) is 4. The highest BCUT2D eigenvalue weighted by molar-refractivity contribution is 5.80. The number of methoxy groups -OCH3 is 1. The summed E-state index contributed by atoms with van der Waals surface area (Å²) in [7, 11) is 5.64. The molecule has 0 saturated heterocycles. The summed E-state index contributed by atoms with van der Waals surface area (Å²) in [5, 5.41) is 4.62. The molecule has 0 aliphatic heterocycles. The molecular formula is C23H27BrN4O3. The Morgan fingerprint density at radius 2 is 1.81 bits per heavy atom. The molecule has 0 aliphatic carbocycles. The second-order valence-electron chi connectivity index (χ2n) is 6.86. The number of aromatic nitrogens is 2. The van der Waals surface area contributed by atoms with Crippen molar-refractivity contribution in [2.45, 2.75) is 13.5 Å². The van der Waals surface area contributed by atoms with E-state index in [1.54, 1.807) is 24.9 Å². The Labute approximate surface area is 193 Å². The monoisotopic (exact) mass is 486 g/mol. The number of rotatable bonds is 8. The lowest BCUT2D eigenvalue weighted by molar-refractivity contribution is -0.674. The molecule has 2 aromatic carbocycles. The lowest BCUT2D eigenvalue weighted by Crippen LogP contribution is -3.00. The zero-order chi connectivity index (χ0) is 21.5. The fraction of sp³-hybridized carbons (Fsp3) is 0.261. The van der Waals surface area contributed by atoms with Crippen LogP contribution in [0.3, 0.4) is 0 Å². The van der Waals surface area contributed by atoms with E-state index < -0.39 is 0 Å². The molecule has 0 radical (unpaired) electrons. The summed E-state index contributed by atoms with van der Waals surface area (Å²) in [6, 6.07) is 15.8. The van der Waals surface area contributed by atoms with Crippen molar-refractivity contribution < 1.29 is 35.8 Å². The third-order valence-corrected chi connectivity index (χ3v) is 4.57. The minimum Gasteiger partial charge on any atom is -1.00 e. The number of carbonyl (C=O) groups excluding carboxylic acids is 1. The van der Waals surface area contributed by atoms with E-state index in [1.807, 2.05) is 84.5 Å². The van der Waals surface area contributed by atoms with Crippen molar-refractivity contribution in [3.05, 3.63) is 66.5 Å². The highest BCUT2D eigenvalue weighted by Crippen LogP contribution is 2.20. The van der Waals surface area contributed by atoms with Crippen LogP contribution in [0.25, 0.3) is 11.4 Å². The van der Waals surface area contributed by atoms with Crippen molar-refractivity contribution in [2.75, 3.05) is 32.7 Å². The van der Waals surface area contributed by atoms with Gasteiger partial charge in [0, 0.05) is 19.8 Å². The van der Waals surface area contributed by atoms with Crippen LogP contribution in [-0.2, 0) is 16.1 Å². The van der Waals surface area contributed by atoms with E-state index >= 15 is 0 Å². The van der Waals surface area contributed by atoms with Gasteiger partial charge in [-0.15, -0.1) is 4.68 Å². The Kier molecular flexibility index (Phi) is 8.81. The highest BCUT2D eigenvalue weighted by Gasteiger charge is 2.22. The molecule has 3 rings (SSSR count). The van der Waals surface area contributed by atoms with Gasteiger partial charge in [-0.2, -0.15) is 0 Å².